The van der Waals surface area contributed by atoms with E-state index >= 15 is 0 Å². The van der Waals surface area contributed by atoms with Gasteiger partial charge in [-0.05, 0) is 65.7 Å². The van der Waals surface area contributed by atoms with Gasteiger partial charge in [-0.3, -0.25) is 0 Å². The number of halogens is 1. The number of nitrogens with one attached hydrogen (secondary N) is 1. The minimum atomic E-state index is -1.29. The molecular weight excluding hydrogens is 372 g/mol. The third-order valence-corrected chi connectivity index (χ3v) is 6.30. The number of nitrogens with zero attached hydrogens (tertiary/aromatic N) is 1. The number of rotatable bonds is 3. The fraction of sp³-hybridized carbons (Fsp3) is 0.632. The Labute approximate surface area is 164 Å². The summed E-state index contributed by atoms with van der Waals surface area (Å²) in [4.78, 5) is 14.0. The lowest BCUT2D eigenvalue weighted by Gasteiger charge is -2.51. The van der Waals surface area contributed by atoms with Crippen LogP contribution >= 0.6 is 11.6 Å². The number of carbonyl (C=O) groups excluding carboxylic acids is 1. The van der Waals surface area contributed by atoms with Crippen molar-refractivity contribution in [2.75, 3.05) is 13.1 Å². The summed E-state index contributed by atoms with van der Waals surface area (Å²) < 4.78 is 21.1. The summed E-state index contributed by atoms with van der Waals surface area (Å²) in [7, 11) is -1.29. The first-order valence-corrected chi connectivity index (χ1v) is 10.2. The molecule has 0 aromatic heterocycles. The van der Waals surface area contributed by atoms with Crippen LogP contribution in [0.4, 0.5) is 4.79 Å². The lowest BCUT2D eigenvalue weighted by Crippen LogP contribution is -2.69. The maximum Gasteiger partial charge on any atom is 0.410 e. The van der Waals surface area contributed by atoms with Crippen molar-refractivity contribution in [2.45, 2.75) is 64.4 Å². The van der Waals surface area contributed by atoms with Crippen LogP contribution in [0.15, 0.2) is 18.2 Å². The van der Waals surface area contributed by atoms with Gasteiger partial charge in [0, 0.05) is 18.1 Å². The zero-order chi connectivity index (χ0) is 19.9. The number of benzene rings is 1. The molecule has 2 rings (SSSR count). The van der Waals surface area contributed by atoms with E-state index in [2.05, 4.69) is 4.72 Å². The van der Waals surface area contributed by atoms with Gasteiger partial charge in [0.2, 0.25) is 0 Å². The molecule has 1 atom stereocenters. The molecule has 1 N–H and O–H groups in total. The first-order chi connectivity index (χ1) is 11.8. The molecule has 1 heterocycles. The molecule has 1 amide bonds. The zero-order valence-corrected chi connectivity index (χ0v) is 18.2. The van der Waals surface area contributed by atoms with Crippen molar-refractivity contribution in [1.29, 1.82) is 0 Å². The summed E-state index contributed by atoms with van der Waals surface area (Å²) in [5.74, 6) is 0. The fourth-order valence-corrected chi connectivity index (χ4v) is 3.88. The smallest absolute Gasteiger partial charge is 0.410 e. The van der Waals surface area contributed by atoms with Crippen LogP contribution in [0.2, 0.25) is 5.02 Å². The summed E-state index contributed by atoms with van der Waals surface area (Å²) in [6.45, 7) is 14.0. The highest BCUT2D eigenvalue weighted by Gasteiger charge is 2.50. The molecule has 1 aromatic carbocycles. The summed E-state index contributed by atoms with van der Waals surface area (Å²) >= 11 is 6.30. The topological polar surface area (TPSA) is 58.6 Å². The molecule has 1 saturated heterocycles. The minimum absolute atomic E-state index is 0.365. The molecule has 1 aliphatic rings. The van der Waals surface area contributed by atoms with E-state index in [1.54, 1.807) is 4.90 Å². The van der Waals surface area contributed by atoms with Crippen LogP contribution < -0.4 is 4.72 Å². The number of hydrogen-bond donors (Lipinski definition) is 1. The van der Waals surface area contributed by atoms with Gasteiger partial charge >= 0.3 is 6.09 Å². The number of hydrogen-bond acceptors (Lipinski definition) is 3. The Kier molecular flexibility index (Phi) is 5.81. The van der Waals surface area contributed by atoms with Gasteiger partial charge in [-0.15, -0.1) is 0 Å². The Morgan fingerprint density at radius 2 is 1.81 bits per heavy atom. The molecule has 26 heavy (non-hydrogen) atoms. The average Bonchev–Trinajstić information content (AvgIpc) is 2.42. The molecule has 0 bridgehead atoms. The predicted octanol–water partition coefficient (Wildman–Crippen LogP) is 4.15. The Hall–Kier alpha value is -1.11. The standard InChI is InChI=1S/C19H29ClN2O3S/c1-13-14(9-8-10-15(13)20)19(21-26(24)18(5,6)7)11-22(12-19)16(23)25-17(2,3)4/h8-10,21H,11-12H2,1-7H3. The van der Waals surface area contributed by atoms with Crippen LogP contribution in [-0.2, 0) is 21.3 Å². The summed E-state index contributed by atoms with van der Waals surface area (Å²) in [5.41, 5.74) is 0.728. The second-order valence-corrected chi connectivity index (χ2v) is 11.2. The highest BCUT2D eigenvalue weighted by Crippen LogP contribution is 2.38. The number of carbonyl (C=O) groups is 1. The monoisotopic (exact) mass is 400 g/mol. The number of amides is 1. The molecule has 0 radical (unpaired) electrons. The van der Waals surface area contributed by atoms with Crippen molar-refractivity contribution in [2.24, 2.45) is 0 Å². The van der Waals surface area contributed by atoms with Crippen molar-refractivity contribution >= 4 is 28.7 Å². The van der Waals surface area contributed by atoms with Gasteiger partial charge < -0.3 is 9.64 Å². The third-order valence-electron chi connectivity index (χ3n) is 4.20. The van der Waals surface area contributed by atoms with Crippen LogP contribution in [0.25, 0.3) is 0 Å². The predicted molar refractivity (Wildman–Crippen MR) is 107 cm³/mol. The highest BCUT2D eigenvalue weighted by atomic mass is 35.5. The van der Waals surface area contributed by atoms with E-state index < -0.39 is 26.9 Å². The van der Waals surface area contributed by atoms with Crippen molar-refractivity contribution < 1.29 is 13.7 Å². The Morgan fingerprint density at radius 3 is 2.31 bits per heavy atom. The zero-order valence-electron chi connectivity index (χ0n) is 16.6. The second kappa shape index (κ2) is 7.13. The van der Waals surface area contributed by atoms with Gasteiger partial charge in [0.05, 0.1) is 21.3 Å². The largest absolute Gasteiger partial charge is 0.444 e. The summed E-state index contributed by atoms with van der Waals surface area (Å²) in [6, 6.07) is 5.68. The third kappa shape index (κ3) is 4.59. The van der Waals surface area contributed by atoms with Gasteiger partial charge in [-0.25, -0.2) is 13.7 Å². The van der Waals surface area contributed by atoms with Crippen LogP contribution in [0, 0.1) is 6.92 Å². The van der Waals surface area contributed by atoms with E-state index in [9.17, 15) is 9.00 Å². The van der Waals surface area contributed by atoms with Gasteiger partial charge in [0.1, 0.15) is 5.60 Å². The van der Waals surface area contributed by atoms with E-state index in [0.29, 0.717) is 18.1 Å². The molecule has 1 unspecified atom stereocenters. The van der Waals surface area contributed by atoms with Crippen molar-refractivity contribution in [3.05, 3.63) is 34.3 Å². The quantitative estimate of drug-likeness (QED) is 0.829. The molecule has 0 aliphatic carbocycles. The Bertz CT molecular complexity index is 716. The molecule has 0 spiro atoms. The Morgan fingerprint density at radius 1 is 1.23 bits per heavy atom. The average molecular weight is 401 g/mol. The van der Waals surface area contributed by atoms with Gasteiger partial charge in [0.25, 0.3) is 0 Å². The maximum atomic E-state index is 12.8. The van der Waals surface area contributed by atoms with Crippen LogP contribution in [0.3, 0.4) is 0 Å². The molecule has 5 nitrogen and oxygen atoms in total. The van der Waals surface area contributed by atoms with Crippen molar-refractivity contribution in [1.82, 2.24) is 9.62 Å². The summed E-state index contributed by atoms with van der Waals surface area (Å²) in [6.07, 6.45) is -0.365. The van der Waals surface area contributed by atoms with E-state index in [1.165, 1.54) is 0 Å². The lowest BCUT2D eigenvalue weighted by atomic mass is 9.81. The van der Waals surface area contributed by atoms with E-state index in [1.807, 2.05) is 66.7 Å². The minimum Gasteiger partial charge on any atom is -0.444 e. The molecule has 1 aromatic rings. The molecule has 7 heteroatoms. The highest BCUT2D eigenvalue weighted by molar-refractivity contribution is 7.84. The molecule has 0 saturated carbocycles. The normalized spacial score (nSPS) is 18.2. The summed E-state index contributed by atoms with van der Waals surface area (Å²) in [5, 5.41) is 0.654. The van der Waals surface area contributed by atoms with E-state index in [-0.39, 0.29) is 6.09 Å². The van der Waals surface area contributed by atoms with Gasteiger partial charge in [0.15, 0.2) is 0 Å². The van der Waals surface area contributed by atoms with E-state index in [0.717, 1.165) is 11.1 Å². The first-order valence-electron chi connectivity index (χ1n) is 8.68. The molecular formula is C19H29ClN2O3S. The lowest BCUT2D eigenvalue weighted by molar-refractivity contribution is -0.0125. The number of likely N-dealkylation sites (tertiary alicyclic amines) is 1. The van der Waals surface area contributed by atoms with E-state index in [4.69, 9.17) is 16.3 Å². The second-order valence-electron chi connectivity index (χ2n) is 8.81. The van der Waals surface area contributed by atoms with Gasteiger partial charge in [-0.2, -0.15) is 0 Å². The molecule has 146 valence electrons. The molecule has 1 aliphatic heterocycles. The maximum absolute atomic E-state index is 12.8. The Balaban J connectivity index is 2.30. The SMILES string of the molecule is Cc1c(Cl)cccc1C1(NS(=O)C(C)(C)C)CN(C(=O)OC(C)(C)C)C1. The molecule has 1 fully saturated rings. The van der Waals surface area contributed by atoms with Gasteiger partial charge in [-0.1, -0.05) is 23.7 Å². The van der Waals surface area contributed by atoms with Crippen LogP contribution in [-0.4, -0.2) is 38.6 Å². The first kappa shape index (κ1) is 21.2. The number of ether oxygens (including phenoxy) is 1. The van der Waals surface area contributed by atoms with Crippen molar-refractivity contribution in [3.63, 3.8) is 0 Å². The van der Waals surface area contributed by atoms with Crippen LogP contribution in [0.5, 0.6) is 0 Å². The van der Waals surface area contributed by atoms with Crippen LogP contribution in [0.1, 0.15) is 52.7 Å². The van der Waals surface area contributed by atoms with Crippen molar-refractivity contribution in [3.8, 4) is 0 Å². The fourth-order valence-electron chi connectivity index (χ4n) is 2.81.